The Bertz CT molecular complexity index is 215. The van der Waals surface area contributed by atoms with Gasteiger partial charge in [0, 0.05) is 0 Å². The predicted molar refractivity (Wildman–Crippen MR) is 42.7 cm³/mol. The van der Waals surface area contributed by atoms with E-state index in [0.29, 0.717) is 0 Å². The van der Waals surface area contributed by atoms with Gasteiger partial charge in [0.25, 0.3) is 0 Å². The summed E-state index contributed by atoms with van der Waals surface area (Å²) in [6, 6.07) is 0. The molecule has 0 aromatic heterocycles. The van der Waals surface area contributed by atoms with E-state index >= 15 is 0 Å². The molecule has 0 saturated heterocycles. The molecule has 2 rings (SSSR count). The molecular weight excluding hydrogens is 282 g/mol. The molecule has 3 heteroatoms. The van der Waals surface area contributed by atoms with Crippen molar-refractivity contribution in [3.63, 3.8) is 0 Å². The molecule has 0 amide bonds. The predicted octanol–water partition coefficient (Wildman–Crippen LogP) is -3.05. The SMILES string of the molecule is [Cl-].[Cl-].[Zr+2][C]1=C(C2CCCC2)C=CC1. The summed E-state index contributed by atoms with van der Waals surface area (Å²) < 4.78 is 1.71. The Morgan fingerprint density at radius 1 is 1.15 bits per heavy atom. The van der Waals surface area contributed by atoms with Crippen molar-refractivity contribution in [3.8, 4) is 0 Å². The van der Waals surface area contributed by atoms with Gasteiger partial charge in [0.15, 0.2) is 0 Å². The van der Waals surface area contributed by atoms with E-state index in [2.05, 4.69) is 12.2 Å². The van der Waals surface area contributed by atoms with E-state index in [1.54, 1.807) is 33.6 Å². The zero-order valence-electron chi connectivity index (χ0n) is 7.52. The Balaban J connectivity index is 0.000000720. The first-order chi connectivity index (χ1) is 5.38. The van der Waals surface area contributed by atoms with Gasteiger partial charge < -0.3 is 24.8 Å². The molecule has 0 aromatic rings. The molecule has 0 N–H and O–H groups in total. The van der Waals surface area contributed by atoms with Crippen LogP contribution in [0.3, 0.4) is 0 Å². The van der Waals surface area contributed by atoms with Crippen LogP contribution < -0.4 is 24.8 Å². The van der Waals surface area contributed by atoms with Crippen LogP contribution in [0.2, 0.25) is 0 Å². The molecule has 0 unspecified atom stereocenters. The number of hydrogen-bond acceptors (Lipinski definition) is 0. The third-order valence-corrected chi connectivity index (χ3v) is 3.97. The normalized spacial score (nSPS) is 21.7. The van der Waals surface area contributed by atoms with Gasteiger partial charge in [-0.2, -0.15) is 0 Å². The van der Waals surface area contributed by atoms with Crippen LogP contribution in [0.5, 0.6) is 0 Å². The van der Waals surface area contributed by atoms with Crippen LogP contribution >= 0.6 is 0 Å². The van der Waals surface area contributed by atoms with Crippen LogP contribution in [-0.2, 0) is 24.7 Å². The van der Waals surface area contributed by atoms with Crippen LogP contribution in [0.1, 0.15) is 32.1 Å². The number of rotatable bonds is 1. The summed E-state index contributed by atoms with van der Waals surface area (Å²) in [6.45, 7) is 0. The second-order valence-corrected chi connectivity index (χ2v) is 5.01. The van der Waals surface area contributed by atoms with Crippen molar-refractivity contribution in [2.75, 3.05) is 0 Å². The Morgan fingerprint density at radius 3 is 2.23 bits per heavy atom. The van der Waals surface area contributed by atoms with Crippen LogP contribution in [0.25, 0.3) is 0 Å². The van der Waals surface area contributed by atoms with Gasteiger partial charge in [-0.25, -0.2) is 0 Å². The summed E-state index contributed by atoms with van der Waals surface area (Å²) in [4.78, 5) is 0. The molecule has 0 radical (unpaired) electrons. The first-order valence-corrected chi connectivity index (χ1v) is 5.72. The first kappa shape index (κ1) is 13.9. The Labute approximate surface area is 108 Å². The van der Waals surface area contributed by atoms with Crippen molar-refractivity contribution in [3.05, 3.63) is 21.0 Å². The zero-order valence-corrected chi connectivity index (χ0v) is 11.5. The van der Waals surface area contributed by atoms with Crippen molar-refractivity contribution in [2.45, 2.75) is 32.1 Å². The van der Waals surface area contributed by atoms with Crippen molar-refractivity contribution >= 4 is 0 Å². The molecule has 0 nitrogen and oxygen atoms in total. The average molecular weight is 295 g/mol. The molecule has 0 atom stereocenters. The van der Waals surface area contributed by atoms with Gasteiger partial charge in [-0.05, 0) is 0 Å². The molecular formula is C10H13Cl2Zr. The fraction of sp³-hybridized carbons (Fsp3) is 0.600. The third-order valence-electron chi connectivity index (χ3n) is 2.76. The van der Waals surface area contributed by atoms with Crippen molar-refractivity contribution < 1.29 is 49.5 Å². The van der Waals surface area contributed by atoms with E-state index in [9.17, 15) is 0 Å². The third kappa shape index (κ3) is 3.22. The molecule has 0 aliphatic heterocycles. The van der Waals surface area contributed by atoms with Crippen molar-refractivity contribution in [1.29, 1.82) is 0 Å². The first-order valence-electron chi connectivity index (χ1n) is 4.49. The average Bonchev–Trinajstić information content (AvgIpc) is 2.55. The van der Waals surface area contributed by atoms with Gasteiger partial charge in [0.1, 0.15) is 0 Å². The number of hydrogen-bond donors (Lipinski definition) is 0. The van der Waals surface area contributed by atoms with Crippen molar-refractivity contribution in [1.82, 2.24) is 0 Å². The second kappa shape index (κ2) is 6.43. The fourth-order valence-electron chi connectivity index (χ4n) is 2.14. The summed E-state index contributed by atoms with van der Waals surface area (Å²) in [7, 11) is 0. The summed E-state index contributed by atoms with van der Waals surface area (Å²) in [6.07, 6.45) is 11.8. The summed E-state index contributed by atoms with van der Waals surface area (Å²) >= 11 is 1.64. The van der Waals surface area contributed by atoms with Gasteiger partial charge in [0.05, 0.1) is 0 Å². The Kier molecular flexibility index (Phi) is 6.90. The van der Waals surface area contributed by atoms with Crippen LogP contribution in [0, 0.1) is 5.92 Å². The molecule has 1 fully saturated rings. The van der Waals surface area contributed by atoms with Gasteiger partial charge in [0.2, 0.25) is 0 Å². The Morgan fingerprint density at radius 2 is 1.77 bits per heavy atom. The topological polar surface area (TPSA) is 0 Å². The van der Waals surface area contributed by atoms with E-state index in [-0.39, 0.29) is 24.8 Å². The standard InChI is InChI=1S/C10H13.2ClH.Zr/c1-2-6-9(5-1)10-7-3-4-8-10;;;/h1,5,10H,2-4,7-8H2;2*1H;/q;;;+2/p-2. The van der Waals surface area contributed by atoms with Gasteiger partial charge >= 0.3 is 83.7 Å². The maximum atomic E-state index is 2.38. The minimum absolute atomic E-state index is 0. The van der Waals surface area contributed by atoms with Gasteiger partial charge in [-0.1, -0.05) is 0 Å². The van der Waals surface area contributed by atoms with Gasteiger partial charge in [-0.3, -0.25) is 0 Å². The van der Waals surface area contributed by atoms with Crippen LogP contribution in [0.15, 0.2) is 21.0 Å². The molecule has 0 heterocycles. The number of allylic oxidation sites excluding steroid dienone is 4. The molecule has 0 aromatic carbocycles. The van der Waals surface area contributed by atoms with E-state index < -0.39 is 0 Å². The molecule has 13 heavy (non-hydrogen) atoms. The molecule has 0 spiro atoms. The Hall–Kier alpha value is 0.943. The fourth-order valence-corrected chi connectivity index (χ4v) is 3.14. The summed E-state index contributed by atoms with van der Waals surface area (Å²) in [5, 5.41) is 0. The van der Waals surface area contributed by atoms with Crippen LogP contribution in [0.4, 0.5) is 0 Å². The quantitative estimate of drug-likeness (QED) is 0.482. The monoisotopic (exact) mass is 293 g/mol. The van der Waals surface area contributed by atoms with Crippen LogP contribution in [-0.4, -0.2) is 0 Å². The van der Waals surface area contributed by atoms with Gasteiger partial charge in [-0.15, -0.1) is 0 Å². The summed E-state index contributed by atoms with van der Waals surface area (Å²) in [5.74, 6) is 0.947. The molecule has 0 bridgehead atoms. The minimum atomic E-state index is 0. The van der Waals surface area contributed by atoms with E-state index in [4.69, 9.17) is 0 Å². The van der Waals surface area contributed by atoms with Crippen molar-refractivity contribution in [2.24, 2.45) is 5.92 Å². The molecule has 2 aliphatic rings. The molecule has 71 valence electrons. The van der Waals surface area contributed by atoms with E-state index in [0.717, 1.165) is 5.92 Å². The molecule has 1 saturated carbocycles. The number of halogens is 2. The summed E-state index contributed by atoms with van der Waals surface area (Å²) in [5.41, 5.74) is 1.71. The second-order valence-electron chi connectivity index (χ2n) is 3.52. The molecule has 2 aliphatic carbocycles. The maximum absolute atomic E-state index is 2.38. The zero-order chi connectivity index (χ0) is 7.68. The van der Waals surface area contributed by atoms with E-state index in [1.165, 1.54) is 32.1 Å². The van der Waals surface area contributed by atoms with E-state index in [1.807, 2.05) is 0 Å².